The molecule has 3 rings (SSSR count). The number of pyridine rings is 1. The molecule has 1 saturated heterocycles. The third-order valence-corrected chi connectivity index (χ3v) is 4.47. The fraction of sp³-hybridized carbons (Fsp3) is 0.706. The van der Waals surface area contributed by atoms with Gasteiger partial charge in [-0.15, -0.1) is 0 Å². The summed E-state index contributed by atoms with van der Waals surface area (Å²) < 4.78 is 5.67. The van der Waals surface area contributed by atoms with Crippen molar-refractivity contribution in [1.29, 1.82) is 0 Å². The molecule has 0 aromatic carbocycles. The Morgan fingerprint density at radius 3 is 2.62 bits per heavy atom. The van der Waals surface area contributed by atoms with Crippen molar-refractivity contribution in [3.63, 3.8) is 0 Å². The van der Waals surface area contributed by atoms with Gasteiger partial charge in [-0.25, -0.2) is 0 Å². The van der Waals surface area contributed by atoms with Gasteiger partial charge in [-0.1, -0.05) is 0 Å². The van der Waals surface area contributed by atoms with E-state index in [-0.39, 0.29) is 0 Å². The van der Waals surface area contributed by atoms with Crippen LogP contribution in [0.5, 0.6) is 0 Å². The van der Waals surface area contributed by atoms with E-state index in [0.717, 1.165) is 45.2 Å². The maximum atomic E-state index is 5.67. The van der Waals surface area contributed by atoms with Crippen LogP contribution in [0.4, 0.5) is 5.69 Å². The van der Waals surface area contributed by atoms with Crippen LogP contribution in [0, 0.1) is 5.92 Å². The number of piperidine rings is 1. The van der Waals surface area contributed by atoms with E-state index >= 15 is 0 Å². The van der Waals surface area contributed by atoms with E-state index in [1.807, 2.05) is 12.4 Å². The molecule has 0 spiro atoms. The lowest BCUT2D eigenvalue weighted by atomic mass is 10.0. The second-order valence-corrected chi connectivity index (χ2v) is 6.29. The van der Waals surface area contributed by atoms with Crippen LogP contribution in [0.25, 0.3) is 0 Å². The number of anilines is 1. The van der Waals surface area contributed by atoms with Crippen LogP contribution in [0.3, 0.4) is 0 Å². The second kappa shape index (κ2) is 7.76. The number of nitrogens with zero attached hydrogens (tertiary/aromatic N) is 2. The molecule has 21 heavy (non-hydrogen) atoms. The van der Waals surface area contributed by atoms with Gasteiger partial charge >= 0.3 is 0 Å². The Morgan fingerprint density at radius 2 is 1.90 bits per heavy atom. The molecular formula is C17H27N3O. The highest BCUT2D eigenvalue weighted by Gasteiger charge is 2.21. The monoisotopic (exact) mass is 289 g/mol. The van der Waals surface area contributed by atoms with Crippen LogP contribution >= 0.6 is 0 Å². The molecule has 116 valence electrons. The largest absolute Gasteiger partial charge is 0.381 e. The summed E-state index contributed by atoms with van der Waals surface area (Å²) >= 11 is 0. The average molecular weight is 289 g/mol. The minimum absolute atomic E-state index is 0.673. The molecule has 2 fully saturated rings. The van der Waals surface area contributed by atoms with Gasteiger partial charge in [0.05, 0.1) is 0 Å². The van der Waals surface area contributed by atoms with Crippen molar-refractivity contribution >= 4 is 5.69 Å². The molecule has 0 atom stereocenters. The van der Waals surface area contributed by atoms with E-state index < -0.39 is 0 Å². The first kappa shape index (κ1) is 14.8. The van der Waals surface area contributed by atoms with Crippen LogP contribution < -0.4 is 10.2 Å². The maximum absolute atomic E-state index is 5.67. The van der Waals surface area contributed by atoms with Crippen molar-refractivity contribution in [3.8, 4) is 0 Å². The fourth-order valence-corrected chi connectivity index (χ4v) is 2.91. The van der Waals surface area contributed by atoms with Gasteiger partial charge < -0.3 is 15.0 Å². The molecule has 2 aliphatic rings. The predicted molar refractivity (Wildman–Crippen MR) is 85.6 cm³/mol. The van der Waals surface area contributed by atoms with E-state index in [1.165, 1.54) is 31.4 Å². The molecule has 0 amide bonds. The standard InChI is InChI=1S/C17H27N3O/c1(13-21-14-15-2-3-15)8-19-16-6-11-20(12-7-16)17-4-9-18-10-5-17/h4-5,9-10,15-16,19H,1-3,6-8,11-14H2. The molecule has 4 heteroatoms. The van der Waals surface area contributed by atoms with Crippen molar-refractivity contribution in [3.05, 3.63) is 24.5 Å². The number of ether oxygens (including phenoxy) is 1. The summed E-state index contributed by atoms with van der Waals surface area (Å²) in [7, 11) is 0. The van der Waals surface area contributed by atoms with Gasteiger partial charge in [0.2, 0.25) is 0 Å². The highest BCUT2D eigenvalue weighted by atomic mass is 16.5. The first-order valence-electron chi connectivity index (χ1n) is 8.38. The van der Waals surface area contributed by atoms with Crippen molar-refractivity contribution in [2.45, 2.75) is 38.1 Å². The molecule has 0 radical (unpaired) electrons. The van der Waals surface area contributed by atoms with Crippen LogP contribution in [0.15, 0.2) is 24.5 Å². The highest BCUT2D eigenvalue weighted by molar-refractivity contribution is 5.44. The zero-order valence-corrected chi connectivity index (χ0v) is 12.8. The third-order valence-electron chi connectivity index (χ3n) is 4.47. The number of aromatic nitrogens is 1. The Morgan fingerprint density at radius 1 is 1.14 bits per heavy atom. The van der Waals surface area contributed by atoms with E-state index in [0.29, 0.717) is 6.04 Å². The van der Waals surface area contributed by atoms with Crippen molar-refractivity contribution in [2.24, 2.45) is 5.92 Å². The topological polar surface area (TPSA) is 37.4 Å². The van der Waals surface area contributed by atoms with Gasteiger partial charge in [0, 0.05) is 50.4 Å². The molecule has 2 heterocycles. The molecule has 1 aliphatic carbocycles. The summed E-state index contributed by atoms with van der Waals surface area (Å²) in [4.78, 5) is 6.54. The number of hydrogen-bond acceptors (Lipinski definition) is 4. The molecule has 1 saturated carbocycles. The summed E-state index contributed by atoms with van der Waals surface area (Å²) in [5.41, 5.74) is 1.30. The molecular weight excluding hydrogens is 262 g/mol. The quantitative estimate of drug-likeness (QED) is 0.746. The summed E-state index contributed by atoms with van der Waals surface area (Å²) in [6, 6.07) is 4.88. The van der Waals surface area contributed by atoms with E-state index in [4.69, 9.17) is 4.74 Å². The summed E-state index contributed by atoms with van der Waals surface area (Å²) in [5, 5.41) is 3.68. The van der Waals surface area contributed by atoms with E-state index in [1.54, 1.807) is 0 Å². The van der Waals surface area contributed by atoms with Crippen LogP contribution in [0.1, 0.15) is 32.1 Å². The lowest BCUT2D eigenvalue weighted by molar-refractivity contribution is 0.121. The van der Waals surface area contributed by atoms with E-state index in [9.17, 15) is 0 Å². The van der Waals surface area contributed by atoms with Gasteiger partial charge in [-0.3, -0.25) is 4.98 Å². The first-order chi connectivity index (χ1) is 10.4. The summed E-state index contributed by atoms with van der Waals surface area (Å²) in [5.74, 6) is 0.885. The van der Waals surface area contributed by atoms with Crippen LogP contribution in [0.2, 0.25) is 0 Å². The Bertz CT molecular complexity index is 400. The van der Waals surface area contributed by atoms with Crippen molar-refractivity contribution < 1.29 is 4.74 Å². The zero-order valence-electron chi connectivity index (χ0n) is 12.8. The molecule has 0 bridgehead atoms. The fourth-order valence-electron chi connectivity index (χ4n) is 2.91. The number of nitrogens with one attached hydrogen (secondary N) is 1. The summed E-state index contributed by atoms with van der Waals surface area (Å²) in [6.45, 7) is 5.27. The number of hydrogen-bond donors (Lipinski definition) is 1. The van der Waals surface area contributed by atoms with Gasteiger partial charge in [-0.05, 0) is 56.7 Å². The van der Waals surface area contributed by atoms with Gasteiger partial charge in [0.25, 0.3) is 0 Å². The Balaban J connectivity index is 1.25. The van der Waals surface area contributed by atoms with Gasteiger partial charge in [-0.2, -0.15) is 0 Å². The van der Waals surface area contributed by atoms with Crippen LogP contribution in [-0.4, -0.2) is 43.9 Å². The van der Waals surface area contributed by atoms with Crippen molar-refractivity contribution in [2.75, 3.05) is 37.7 Å². The van der Waals surface area contributed by atoms with Gasteiger partial charge in [0.1, 0.15) is 0 Å². The minimum Gasteiger partial charge on any atom is -0.381 e. The minimum atomic E-state index is 0.673. The second-order valence-electron chi connectivity index (χ2n) is 6.29. The smallest absolute Gasteiger partial charge is 0.0494 e. The Hall–Kier alpha value is -1.13. The molecule has 1 N–H and O–H groups in total. The lowest BCUT2D eigenvalue weighted by Gasteiger charge is -2.34. The number of rotatable bonds is 8. The molecule has 0 unspecified atom stereocenters. The van der Waals surface area contributed by atoms with Crippen molar-refractivity contribution in [1.82, 2.24) is 10.3 Å². The molecule has 1 aliphatic heterocycles. The first-order valence-corrected chi connectivity index (χ1v) is 8.38. The van der Waals surface area contributed by atoms with Crippen LogP contribution in [-0.2, 0) is 4.74 Å². The molecule has 4 nitrogen and oxygen atoms in total. The molecule has 1 aromatic heterocycles. The van der Waals surface area contributed by atoms with E-state index in [2.05, 4.69) is 27.3 Å². The Labute approximate surface area is 127 Å². The molecule has 1 aromatic rings. The maximum Gasteiger partial charge on any atom is 0.0494 e. The normalized spacial score (nSPS) is 19.9. The highest BCUT2D eigenvalue weighted by Crippen LogP contribution is 2.28. The Kier molecular flexibility index (Phi) is 5.46. The summed E-state index contributed by atoms with van der Waals surface area (Å²) in [6.07, 6.45) is 10.1. The third kappa shape index (κ3) is 4.97. The van der Waals surface area contributed by atoms with Gasteiger partial charge in [0.15, 0.2) is 0 Å². The SMILES string of the molecule is c1cc(N2CCC(NCCCOCC3CC3)CC2)ccn1. The average Bonchev–Trinajstić information content (AvgIpc) is 3.36. The predicted octanol–water partition coefficient (Wildman–Crippen LogP) is 2.46. The lowest BCUT2D eigenvalue weighted by Crippen LogP contribution is -2.43. The zero-order chi connectivity index (χ0) is 14.3.